The molecule has 0 saturated heterocycles. The Morgan fingerprint density at radius 1 is 0.966 bits per heavy atom. The summed E-state index contributed by atoms with van der Waals surface area (Å²) >= 11 is 0. The second-order valence-corrected chi connectivity index (χ2v) is 9.37. The van der Waals surface area contributed by atoms with Crippen LogP contribution in [-0.4, -0.2) is 21.8 Å². The van der Waals surface area contributed by atoms with Crippen molar-refractivity contribution in [1.82, 2.24) is 0 Å². The maximum atomic E-state index is 12.7. The van der Waals surface area contributed by atoms with Crippen molar-refractivity contribution in [2.45, 2.75) is 58.6 Å². The molecule has 2 aromatic rings. The molecule has 0 fully saturated rings. The first-order chi connectivity index (χ1) is 14.2. The topological polar surface area (TPSA) is 38.3 Å². The Morgan fingerprint density at radius 2 is 1.69 bits per heavy atom. The second-order valence-electron chi connectivity index (χ2n) is 7.75. The smallest absolute Gasteiger partial charge is 0.130 e. The molecule has 0 radical (unpaired) electrons. The molecule has 4 heteroatoms. The summed E-state index contributed by atoms with van der Waals surface area (Å²) in [4.78, 5) is 0. The van der Waals surface area contributed by atoms with Gasteiger partial charge in [-0.2, -0.15) is 0 Å². The normalized spacial score (nSPS) is 16.8. The van der Waals surface area contributed by atoms with Crippen molar-refractivity contribution in [3.63, 3.8) is 0 Å². The van der Waals surface area contributed by atoms with E-state index in [4.69, 9.17) is 4.74 Å². The van der Waals surface area contributed by atoms with Crippen molar-refractivity contribution in [3.8, 4) is 0 Å². The van der Waals surface area contributed by atoms with Crippen molar-refractivity contribution in [2.75, 3.05) is 16.8 Å². The zero-order valence-corrected chi connectivity index (χ0v) is 18.5. The SMILES string of the molecule is CCCCCCCS(=O)CC1Nc2ccccc2C(OCc2ccccc2)=C1C. The first kappa shape index (κ1) is 21.6. The summed E-state index contributed by atoms with van der Waals surface area (Å²) in [5.41, 5.74) is 4.43. The lowest BCUT2D eigenvalue weighted by atomic mass is 9.97. The fourth-order valence-electron chi connectivity index (χ4n) is 3.70. The van der Waals surface area contributed by atoms with E-state index in [1.807, 2.05) is 30.3 Å². The van der Waals surface area contributed by atoms with Crippen molar-refractivity contribution >= 4 is 22.2 Å². The molecule has 1 heterocycles. The van der Waals surface area contributed by atoms with Crippen LogP contribution in [-0.2, 0) is 22.1 Å². The van der Waals surface area contributed by atoms with Gasteiger partial charge in [0.2, 0.25) is 0 Å². The summed E-state index contributed by atoms with van der Waals surface area (Å²) in [6, 6.07) is 18.5. The van der Waals surface area contributed by atoms with Crippen LogP contribution >= 0.6 is 0 Å². The minimum atomic E-state index is -0.828. The monoisotopic (exact) mass is 411 g/mol. The Balaban J connectivity index is 1.67. The largest absolute Gasteiger partial charge is 0.488 e. The Labute approximate surface area is 178 Å². The molecule has 1 aliphatic rings. The van der Waals surface area contributed by atoms with Gasteiger partial charge in [0.15, 0.2) is 0 Å². The minimum Gasteiger partial charge on any atom is -0.488 e. The predicted octanol–water partition coefficient (Wildman–Crippen LogP) is 6.15. The van der Waals surface area contributed by atoms with Crippen LogP contribution in [0.5, 0.6) is 0 Å². The van der Waals surface area contributed by atoms with Gasteiger partial charge < -0.3 is 10.1 Å². The average Bonchev–Trinajstić information content (AvgIpc) is 2.74. The van der Waals surface area contributed by atoms with Crippen LogP contribution in [0.4, 0.5) is 5.69 Å². The average molecular weight is 412 g/mol. The number of nitrogens with one attached hydrogen (secondary N) is 1. The van der Waals surface area contributed by atoms with Crippen LogP contribution in [0.1, 0.15) is 57.1 Å². The molecule has 3 nitrogen and oxygen atoms in total. The van der Waals surface area contributed by atoms with Crippen molar-refractivity contribution in [3.05, 3.63) is 71.3 Å². The molecule has 29 heavy (non-hydrogen) atoms. The predicted molar refractivity (Wildman–Crippen MR) is 124 cm³/mol. The fraction of sp³-hybridized carbons (Fsp3) is 0.440. The van der Waals surface area contributed by atoms with Gasteiger partial charge in [-0.25, -0.2) is 0 Å². The highest BCUT2D eigenvalue weighted by Gasteiger charge is 2.26. The summed E-state index contributed by atoms with van der Waals surface area (Å²) in [5, 5.41) is 3.59. The highest BCUT2D eigenvalue weighted by atomic mass is 32.2. The van der Waals surface area contributed by atoms with E-state index in [2.05, 4.69) is 43.4 Å². The van der Waals surface area contributed by atoms with Crippen molar-refractivity contribution in [2.24, 2.45) is 0 Å². The molecule has 0 bridgehead atoms. The maximum Gasteiger partial charge on any atom is 0.130 e. The third kappa shape index (κ3) is 6.20. The van der Waals surface area contributed by atoms with E-state index in [1.54, 1.807) is 0 Å². The molecule has 2 unspecified atom stereocenters. The maximum absolute atomic E-state index is 12.7. The van der Waals surface area contributed by atoms with E-state index in [-0.39, 0.29) is 6.04 Å². The van der Waals surface area contributed by atoms with Gasteiger partial charge in [0.05, 0.1) is 6.04 Å². The molecule has 1 N–H and O–H groups in total. The lowest BCUT2D eigenvalue weighted by Crippen LogP contribution is -2.32. The molecule has 1 aliphatic heterocycles. The Bertz CT molecular complexity index is 832. The van der Waals surface area contributed by atoms with E-state index < -0.39 is 10.8 Å². The summed E-state index contributed by atoms with van der Waals surface area (Å²) in [5.74, 6) is 2.34. The van der Waals surface area contributed by atoms with Gasteiger partial charge in [-0.1, -0.05) is 75.1 Å². The number of hydrogen-bond donors (Lipinski definition) is 1. The van der Waals surface area contributed by atoms with Gasteiger partial charge in [0.1, 0.15) is 12.4 Å². The molecule has 2 atom stereocenters. The minimum absolute atomic E-state index is 0.0483. The second kappa shape index (κ2) is 11.2. The van der Waals surface area contributed by atoms with E-state index in [1.165, 1.54) is 25.7 Å². The number of para-hydroxylation sites is 1. The summed E-state index contributed by atoms with van der Waals surface area (Å²) in [6.07, 6.45) is 6.00. The summed E-state index contributed by atoms with van der Waals surface area (Å²) in [7, 11) is -0.828. The highest BCUT2D eigenvalue weighted by molar-refractivity contribution is 7.85. The highest BCUT2D eigenvalue weighted by Crippen LogP contribution is 2.35. The number of anilines is 1. The third-order valence-corrected chi connectivity index (χ3v) is 6.89. The van der Waals surface area contributed by atoms with Gasteiger partial charge in [0, 0.05) is 33.6 Å². The number of fused-ring (bicyclic) bond motifs is 1. The lowest BCUT2D eigenvalue weighted by molar-refractivity contribution is 0.260. The van der Waals surface area contributed by atoms with Gasteiger partial charge >= 0.3 is 0 Å². The van der Waals surface area contributed by atoms with Crippen LogP contribution < -0.4 is 5.32 Å². The quantitative estimate of drug-likeness (QED) is 0.451. The number of benzene rings is 2. The standard InChI is InChI=1S/C25H33NO2S/c1-3-4-5-6-12-17-29(27)19-24-20(2)25(22-15-10-11-16-23(22)26-24)28-18-21-13-8-7-9-14-21/h7-11,13-16,24,26H,3-6,12,17-19H2,1-2H3. The molecule has 156 valence electrons. The number of rotatable bonds is 11. The number of ether oxygens (including phenoxy) is 1. The van der Waals surface area contributed by atoms with Gasteiger partial charge in [0.25, 0.3) is 0 Å². The summed E-state index contributed by atoms with van der Waals surface area (Å²) < 4.78 is 19.0. The molecule has 0 spiro atoms. The fourth-order valence-corrected chi connectivity index (χ4v) is 5.10. The molecule has 0 aromatic heterocycles. The number of unbranched alkanes of at least 4 members (excludes halogenated alkanes) is 4. The molecule has 0 aliphatic carbocycles. The van der Waals surface area contributed by atoms with Gasteiger partial charge in [-0.3, -0.25) is 4.21 Å². The van der Waals surface area contributed by atoms with E-state index in [0.29, 0.717) is 12.4 Å². The van der Waals surface area contributed by atoms with Gasteiger partial charge in [-0.05, 0) is 36.6 Å². The zero-order valence-electron chi connectivity index (χ0n) is 17.7. The van der Waals surface area contributed by atoms with E-state index >= 15 is 0 Å². The molecule has 0 amide bonds. The molecule has 0 saturated carbocycles. The van der Waals surface area contributed by atoms with Crippen LogP contribution in [0.2, 0.25) is 0 Å². The lowest BCUT2D eigenvalue weighted by Gasteiger charge is -2.30. The van der Waals surface area contributed by atoms with Crippen LogP contribution in [0, 0.1) is 0 Å². The zero-order chi connectivity index (χ0) is 20.5. The third-order valence-electron chi connectivity index (χ3n) is 5.44. The molecule has 2 aromatic carbocycles. The van der Waals surface area contributed by atoms with Crippen molar-refractivity contribution < 1.29 is 8.95 Å². The molecular formula is C25H33NO2S. The first-order valence-electron chi connectivity index (χ1n) is 10.8. The Kier molecular flexibility index (Phi) is 8.36. The van der Waals surface area contributed by atoms with Crippen molar-refractivity contribution in [1.29, 1.82) is 0 Å². The van der Waals surface area contributed by atoms with Crippen LogP contribution in [0.3, 0.4) is 0 Å². The van der Waals surface area contributed by atoms with Gasteiger partial charge in [-0.15, -0.1) is 0 Å². The number of hydrogen-bond acceptors (Lipinski definition) is 3. The van der Waals surface area contributed by atoms with E-state index in [0.717, 1.165) is 40.3 Å². The Hall–Kier alpha value is -2.07. The van der Waals surface area contributed by atoms with E-state index in [9.17, 15) is 4.21 Å². The molecule has 3 rings (SSSR count). The van der Waals surface area contributed by atoms with Crippen LogP contribution in [0.15, 0.2) is 60.2 Å². The molecular weight excluding hydrogens is 378 g/mol. The van der Waals surface area contributed by atoms with Crippen LogP contribution in [0.25, 0.3) is 5.76 Å². The summed E-state index contributed by atoms with van der Waals surface area (Å²) in [6.45, 7) is 4.86. The Morgan fingerprint density at radius 3 is 2.48 bits per heavy atom. The first-order valence-corrected chi connectivity index (χ1v) is 12.3.